The van der Waals surface area contributed by atoms with Gasteiger partial charge in [0.25, 0.3) is 5.69 Å². The maximum Gasteiger partial charge on any atom is 0.284 e. The topological polar surface area (TPSA) is 114 Å². The van der Waals surface area contributed by atoms with Gasteiger partial charge in [0, 0.05) is 30.2 Å². The maximum absolute atomic E-state index is 11.9. The van der Waals surface area contributed by atoms with Crippen molar-refractivity contribution in [3.8, 4) is 0 Å². The standard InChI is InChI=1S/C18H17BrN4O4/c1-12-4-2-3-5-15(12)21-17(24)8-9-18(25)22-20-11-13-6-7-14(19)16(10-13)23(26)27/h2-7,10-11H,8-9H2,1H3,(H,21,24)(H,22,25). The molecule has 0 heterocycles. The van der Waals surface area contributed by atoms with Gasteiger partial charge in [0.15, 0.2) is 0 Å². The molecule has 0 unspecified atom stereocenters. The summed E-state index contributed by atoms with van der Waals surface area (Å²) in [6, 6.07) is 11.8. The lowest BCUT2D eigenvalue weighted by Gasteiger charge is -2.07. The molecule has 0 aliphatic carbocycles. The second-order valence-corrected chi connectivity index (χ2v) is 6.48. The number of halogens is 1. The number of carbonyl (C=O) groups excluding carboxylic acids is 2. The van der Waals surface area contributed by atoms with Crippen LogP contribution in [0.5, 0.6) is 0 Å². The van der Waals surface area contributed by atoms with E-state index in [0.29, 0.717) is 15.7 Å². The Bertz CT molecular complexity index is 899. The van der Waals surface area contributed by atoms with Gasteiger partial charge in [-0.3, -0.25) is 19.7 Å². The van der Waals surface area contributed by atoms with Crippen molar-refractivity contribution in [1.82, 2.24) is 5.43 Å². The fourth-order valence-corrected chi connectivity index (χ4v) is 2.53. The van der Waals surface area contributed by atoms with E-state index in [0.717, 1.165) is 5.56 Å². The Morgan fingerprint density at radius 3 is 2.59 bits per heavy atom. The van der Waals surface area contributed by atoms with Gasteiger partial charge in [0.1, 0.15) is 0 Å². The van der Waals surface area contributed by atoms with Crippen molar-refractivity contribution in [2.45, 2.75) is 19.8 Å². The Kier molecular flexibility index (Phi) is 7.18. The Labute approximate surface area is 163 Å². The van der Waals surface area contributed by atoms with E-state index < -0.39 is 10.8 Å². The quantitative estimate of drug-likeness (QED) is 0.395. The number of anilines is 1. The number of carbonyl (C=O) groups is 2. The summed E-state index contributed by atoms with van der Waals surface area (Å²) in [5.41, 5.74) is 4.30. The Hall–Kier alpha value is -3.07. The Morgan fingerprint density at radius 1 is 1.19 bits per heavy atom. The van der Waals surface area contributed by atoms with Gasteiger partial charge in [0.2, 0.25) is 11.8 Å². The van der Waals surface area contributed by atoms with E-state index in [1.165, 1.54) is 18.3 Å². The van der Waals surface area contributed by atoms with Gasteiger partial charge in [0.05, 0.1) is 15.6 Å². The van der Waals surface area contributed by atoms with Crippen LogP contribution in [-0.4, -0.2) is 23.0 Å². The molecule has 2 N–H and O–H groups in total. The molecular formula is C18H17BrN4O4. The van der Waals surface area contributed by atoms with Crippen molar-refractivity contribution in [2.75, 3.05) is 5.32 Å². The highest BCUT2D eigenvalue weighted by Gasteiger charge is 2.11. The van der Waals surface area contributed by atoms with Gasteiger partial charge < -0.3 is 5.32 Å². The van der Waals surface area contributed by atoms with Crippen LogP contribution in [0.3, 0.4) is 0 Å². The lowest BCUT2D eigenvalue weighted by molar-refractivity contribution is -0.385. The van der Waals surface area contributed by atoms with Gasteiger partial charge in [-0.15, -0.1) is 0 Å². The molecule has 0 bridgehead atoms. The molecule has 0 spiro atoms. The molecular weight excluding hydrogens is 416 g/mol. The minimum atomic E-state index is -0.521. The molecule has 0 radical (unpaired) electrons. The third-order valence-electron chi connectivity index (χ3n) is 3.57. The highest BCUT2D eigenvalue weighted by molar-refractivity contribution is 9.10. The van der Waals surface area contributed by atoms with E-state index in [2.05, 4.69) is 31.8 Å². The van der Waals surface area contributed by atoms with Crippen LogP contribution in [0.2, 0.25) is 0 Å². The largest absolute Gasteiger partial charge is 0.326 e. The summed E-state index contributed by atoms with van der Waals surface area (Å²) in [6.45, 7) is 1.88. The van der Waals surface area contributed by atoms with Crippen LogP contribution in [0.1, 0.15) is 24.0 Å². The normalized spacial score (nSPS) is 10.6. The number of hydrogen-bond acceptors (Lipinski definition) is 5. The van der Waals surface area contributed by atoms with Gasteiger partial charge in [-0.25, -0.2) is 5.43 Å². The number of para-hydroxylation sites is 1. The molecule has 0 atom stereocenters. The number of benzene rings is 2. The highest BCUT2D eigenvalue weighted by Crippen LogP contribution is 2.24. The first-order chi connectivity index (χ1) is 12.9. The number of amides is 2. The van der Waals surface area contributed by atoms with Crippen LogP contribution in [0.25, 0.3) is 0 Å². The smallest absolute Gasteiger partial charge is 0.284 e. The molecule has 0 saturated heterocycles. The fraction of sp³-hybridized carbons (Fsp3) is 0.167. The predicted octanol–water partition coefficient (Wildman–Crippen LogP) is 3.53. The van der Waals surface area contributed by atoms with Crippen LogP contribution in [-0.2, 0) is 9.59 Å². The second kappa shape index (κ2) is 9.58. The lowest BCUT2D eigenvalue weighted by atomic mass is 10.2. The van der Waals surface area contributed by atoms with E-state index in [9.17, 15) is 19.7 Å². The monoisotopic (exact) mass is 432 g/mol. The zero-order valence-electron chi connectivity index (χ0n) is 14.4. The third kappa shape index (κ3) is 6.30. The number of rotatable bonds is 7. The van der Waals surface area contributed by atoms with E-state index in [1.54, 1.807) is 12.1 Å². The first-order valence-electron chi connectivity index (χ1n) is 7.98. The van der Waals surface area contributed by atoms with E-state index in [-0.39, 0.29) is 24.4 Å². The van der Waals surface area contributed by atoms with Crippen molar-refractivity contribution >= 4 is 45.3 Å². The summed E-state index contributed by atoms with van der Waals surface area (Å²) in [5, 5.41) is 17.4. The van der Waals surface area contributed by atoms with Crippen molar-refractivity contribution in [3.63, 3.8) is 0 Å². The number of nitrogens with one attached hydrogen (secondary N) is 2. The van der Waals surface area contributed by atoms with Crippen molar-refractivity contribution < 1.29 is 14.5 Å². The molecule has 2 amide bonds. The number of nitrogens with zero attached hydrogens (tertiary/aromatic N) is 2. The van der Waals surface area contributed by atoms with Crippen LogP contribution in [0.4, 0.5) is 11.4 Å². The summed E-state index contributed by atoms with van der Waals surface area (Å²) in [5.74, 6) is -0.704. The lowest BCUT2D eigenvalue weighted by Crippen LogP contribution is -2.20. The summed E-state index contributed by atoms with van der Waals surface area (Å²) >= 11 is 3.09. The SMILES string of the molecule is Cc1ccccc1NC(=O)CCC(=O)NN=Cc1ccc(Br)c([N+](=O)[O-])c1. The summed E-state index contributed by atoms with van der Waals surface area (Å²) in [6.07, 6.45) is 1.28. The molecule has 0 saturated carbocycles. The molecule has 140 valence electrons. The van der Waals surface area contributed by atoms with Crippen molar-refractivity contribution in [2.24, 2.45) is 5.10 Å². The first-order valence-corrected chi connectivity index (χ1v) is 8.77. The number of aryl methyl sites for hydroxylation is 1. The van der Waals surface area contributed by atoms with Gasteiger partial charge in [-0.1, -0.05) is 24.3 Å². The van der Waals surface area contributed by atoms with Gasteiger partial charge >= 0.3 is 0 Å². The van der Waals surface area contributed by atoms with Crippen LogP contribution in [0, 0.1) is 17.0 Å². The fourth-order valence-electron chi connectivity index (χ4n) is 2.14. The molecule has 0 aliphatic rings. The van der Waals surface area contributed by atoms with Crippen LogP contribution in [0.15, 0.2) is 52.0 Å². The Morgan fingerprint density at radius 2 is 1.89 bits per heavy atom. The number of hydrazone groups is 1. The predicted molar refractivity (Wildman–Crippen MR) is 106 cm³/mol. The number of nitro groups is 1. The number of hydrogen-bond donors (Lipinski definition) is 2. The van der Waals surface area contributed by atoms with Crippen molar-refractivity contribution in [3.05, 3.63) is 68.2 Å². The molecule has 27 heavy (non-hydrogen) atoms. The third-order valence-corrected chi connectivity index (χ3v) is 4.24. The average Bonchev–Trinajstić information content (AvgIpc) is 2.63. The molecule has 2 rings (SSSR count). The zero-order valence-corrected chi connectivity index (χ0v) is 16.0. The molecule has 8 nitrogen and oxygen atoms in total. The zero-order chi connectivity index (χ0) is 19.8. The maximum atomic E-state index is 11.9. The van der Waals surface area contributed by atoms with E-state index >= 15 is 0 Å². The van der Waals surface area contributed by atoms with E-state index in [1.807, 2.05) is 25.1 Å². The Balaban J connectivity index is 1.81. The first kappa shape index (κ1) is 20.2. The van der Waals surface area contributed by atoms with Gasteiger partial charge in [-0.2, -0.15) is 5.10 Å². The minimum absolute atomic E-state index is 0.0133. The molecule has 2 aromatic rings. The minimum Gasteiger partial charge on any atom is -0.326 e. The van der Waals surface area contributed by atoms with Crippen LogP contribution < -0.4 is 10.7 Å². The van der Waals surface area contributed by atoms with E-state index in [4.69, 9.17) is 0 Å². The molecule has 2 aromatic carbocycles. The van der Waals surface area contributed by atoms with Crippen molar-refractivity contribution in [1.29, 1.82) is 0 Å². The molecule has 0 aliphatic heterocycles. The molecule has 0 aromatic heterocycles. The molecule has 9 heteroatoms. The average molecular weight is 433 g/mol. The summed E-state index contributed by atoms with van der Waals surface area (Å²) in [4.78, 5) is 34.0. The summed E-state index contributed by atoms with van der Waals surface area (Å²) in [7, 11) is 0. The number of nitro benzene ring substituents is 1. The second-order valence-electron chi connectivity index (χ2n) is 5.62. The summed E-state index contributed by atoms with van der Waals surface area (Å²) < 4.78 is 0.355. The van der Waals surface area contributed by atoms with Crippen LogP contribution >= 0.6 is 15.9 Å². The molecule has 0 fully saturated rings. The van der Waals surface area contributed by atoms with Gasteiger partial charge in [-0.05, 0) is 40.5 Å². The highest BCUT2D eigenvalue weighted by atomic mass is 79.9.